The zero-order chi connectivity index (χ0) is 11.5. The molecule has 0 amide bonds. The molecule has 0 aliphatic carbocycles. The normalized spacial score (nSPS) is 13.9. The van der Waals surface area contributed by atoms with Crippen molar-refractivity contribution >= 4 is 11.6 Å². The minimum atomic E-state index is 0.181. The molecule has 0 radical (unpaired) electrons. The van der Waals surface area contributed by atoms with Gasteiger partial charge in [-0.15, -0.1) is 11.6 Å². The topological polar surface area (TPSA) is 12.9 Å². The van der Waals surface area contributed by atoms with E-state index in [4.69, 9.17) is 11.6 Å². The summed E-state index contributed by atoms with van der Waals surface area (Å²) in [6.07, 6.45) is 3.78. The van der Waals surface area contributed by atoms with Gasteiger partial charge in [0.15, 0.2) is 0 Å². The largest absolute Gasteiger partial charge is 0.261 e. The average Bonchev–Trinajstić information content (AvgIpc) is 2.05. The van der Waals surface area contributed by atoms with Crippen molar-refractivity contribution in [2.24, 2.45) is 5.41 Å². The SMILES string of the molecule is Cc1ccc(CC(Cl)CC(C)(C)C)nc1. The highest BCUT2D eigenvalue weighted by Crippen LogP contribution is 2.25. The Kier molecular flexibility index (Phi) is 4.15. The number of hydrogen-bond acceptors (Lipinski definition) is 1. The highest BCUT2D eigenvalue weighted by molar-refractivity contribution is 6.20. The summed E-state index contributed by atoms with van der Waals surface area (Å²) in [6, 6.07) is 4.15. The van der Waals surface area contributed by atoms with Gasteiger partial charge in [-0.25, -0.2) is 0 Å². The fraction of sp³-hybridized carbons (Fsp3) is 0.615. The number of pyridine rings is 1. The monoisotopic (exact) mass is 225 g/mol. The minimum Gasteiger partial charge on any atom is -0.261 e. The molecule has 1 aromatic heterocycles. The molecule has 0 saturated carbocycles. The third-order valence-electron chi connectivity index (χ3n) is 2.24. The van der Waals surface area contributed by atoms with E-state index in [-0.39, 0.29) is 10.8 Å². The predicted octanol–water partition coefficient (Wildman–Crippen LogP) is 3.98. The maximum absolute atomic E-state index is 6.30. The first-order valence-electron chi connectivity index (χ1n) is 5.42. The smallest absolute Gasteiger partial charge is 0.0418 e. The van der Waals surface area contributed by atoms with Gasteiger partial charge in [0.05, 0.1) is 0 Å². The number of rotatable bonds is 3. The lowest BCUT2D eigenvalue weighted by Gasteiger charge is -2.21. The predicted molar refractivity (Wildman–Crippen MR) is 66.4 cm³/mol. The number of hydrogen-bond donors (Lipinski definition) is 0. The molecule has 2 heteroatoms. The van der Waals surface area contributed by atoms with Gasteiger partial charge < -0.3 is 0 Å². The molecule has 1 rings (SSSR count). The summed E-state index contributed by atoms with van der Waals surface area (Å²) in [5.41, 5.74) is 2.57. The van der Waals surface area contributed by atoms with E-state index in [0.717, 1.165) is 18.5 Å². The molecule has 0 spiro atoms. The third kappa shape index (κ3) is 5.17. The molecule has 1 atom stereocenters. The molecule has 84 valence electrons. The Bertz CT molecular complexity index is 297. The van der Waals surface area contributed by atoms with Gasteiger partial charge in [0.25, 0.3) is 0 Å². The number of nitrogens with zero attached hydrogens (tertiary/aromatic N) is 1. The molecule has 0 N–H and O–H groups in total. The second-order valence-corrected chi connectivity index (χ2v) is 6.01. The second kappa shape index (κ2) is 4.98. The maximum Gasteiger partial charge on any atom is 0.0418 e. The molecule has 0 fully saturated rings. The number of aromatic nitrogens is 1. The van der Waals surface area contributed by atoms with Crippen LogP contribution in [-0.4, -0.2) is 10.4 Å². The van der Waals surface area contributed by atoms with Gasteiger partial charge in [0, 0.05) is 23.7 Å². The Morgan fingerprint density at radius 1 is 1.33 bits per heavy atom. The summed E-state index contributed by atoms with van der Waals surface area (Å²) < 4.78 is 0. The number of aryl methyl sites for hydroxylation is 1. The van der Waals surface area contributed by atoms with E-state index in [0.29, 0.717) is 0 Å². The first-order chi connectivity index (χ1) is 6.87. The van der Waals surface area contributed by atoms with Gasteiger partial charge in [-0.05, 0) is 30.4 Å². The standard InChI is InChI=1S/C13H20ClN/c1-10-5-6-12(15-9-10)7-11(14)8-13(2,3)4/h5-6,9,11H,7-8H2,1-4H3. The van der Waals surface area contributed by atoms with Crippen molar-refractivity contribution in [3.05, 3.63) is 29.6 Å². The summed E-state index contributed by atoms with van der Waals surface area (Å²) in [7, 11) is 0. The zero-order valence-corrected chi connectivity index (χ0v) is 10.8. The van der Waals surface area contributed by atoms with Gasteiger partial charge >= 0.3 is 0 Å². The van der Waals surface area contributed by atoms with Gasteiger partial charge in [0.1, 0.15) is 0 Å². The third-order valence-corrected chi connectivity index (χ3v) is 2.55. The van der Waals surface area contributed by atoms with E-state index in [2.05, 4.69) is 37.9 Å². The summed E-state index contributed by atoms with van der Waals surface area (Å²) in [4.78, 5) is 4.36. The zero-order valence-electron chi connectivity index (χ0n) is 10.0. The molecule has 0 aliphatic rings. The fourth-order valence-electron chi connectivity index (χ4n) is 1.58. The van der Waals surface area contributed by atoms with E-state index < -0.39 is 0 Å². The van der Waals surface area contributed by atoms with Crippen LogP contribution in [0.1, 0.15) is 38.4 Å². The van der Waals surface area contributed by atoms with Crippen LogP contribution in [0.15, 0.2) is 18.3 Å². The number of alkyl halides is 1. The fourth-order valence-corrected chi connectivity index (χ4v) is 2.20. The van der Waals surface area contributed by atoms with Gasteiger partial charge in [-0.3, -0.25) is 4.98 Å². The van der Waals surface area contributed by atoms with Crippen molar-refractivity contribution in [2.75, 3.05) is 0 Å². The number of halogens is 1. The van der Waals surface area contributed by atoms with Crippen LogP contribution < -0.4 is 0 Å². The molecule has 15 heavy (non-hydrogen) atoms. The maximum atomic E-state index is 6.30. The molecular weight excluding hydrogens is 206 g/mol. The molecule has 0 aromatic carbocycles. The molecule has 0 saturated heterocycles. The van der Waals surface area contributed by atoms with Crippen LogP contribution in [0.25, 0.3) is 0 Å². The summed E-state index contributed by atoms with van der Waals surface area (Å²) >= 11 is 6.30. The van der Waals surface area contributed by atoms with Crippen molar-refractivity contribution in [2.45, 2.75) is 45.9 Å². The Balaban J connectivity index is 2.51. The second-order valence-electron chi connectivity index (χ2n) is 5.39. The Hall–Kier alpha value is -0.560. The molecule has 0 aliphatic heterocycles. The van der Waals surface area contributed by atoms with E-state index in [1.165, 1.54) is 5.56 Å². The molecule has 1 heterocycles. The Morgan fingerprint density at radius 2 is 2.00 bits per heavy atom. The Labute approximate surface area is 97.9 Å². The summed E-state index contributed by atoms with van der Waals surface area (Å²) in [6.45, 7) is 8.69. The van der Waals surface area contributed by atoms with Gasteiger partial charge in [-0.2, -0.15) is 0 Å². The van der Waals surface area contributed by atoms with Crippen molar-refractivity contribution in [1.29, 1.82) is 0 Å². The van der Waals surface area contributed by atoms with E-state index in [9.17, 15) is 0 Å². The average molecular weight is 226 g/mol. The molecule has 1 aromatic rings. The lowest BCUT2D eigenvalue weighted by molar-refractivity contribution is 0.368. The van der Waals surface area contributed by atoms with Gasteiger partial charge in [0.2, 0.25) is 0 Å². The molecule has 1 nitrogen and oxygen atoms in total. The lowest BCUT2D eigenvalue weighted by atomic mass is 9.89. The summed E-state index contributed by atoms with van der Waals surface area (Å²) in [5, 5.41) is 0.181. The molecule has 1 unspecified atom stereocenters. The van der Waals surface area contributed by atoms with Crippen molar-refractivity contribution in [3.63, 3.8) is 0 Å². The van der Waals surface area contributed by atoms with Crippen LogP contribution in [0.2, 0.25) is 0 Å². The van der Waals surface area contributed by atoms with E-state index in [1.807, 2.05) is 13.1 Å². The van der Waals surface area contributed by atoms with E-state index in [1.54, 1.807) is 0 Å². The Morgan fingerprint density at radius 3 is 2.47 bits per heavy atom. The van der Waals surface area contributed by atoms with Gasteiger partial charge in [-0.1, -0.05) is 26.8 Å². The minimum absolute atomic E-state index is 0.181. The van der Waals surface area contributed by atoms with E-state index >= 15 is 0 Å². The van der Waals surface area contributed by atoms with Crippen molar-refractivity contribution in [1.82, 2.24) is 4.98 Å². The van der Waals surface area contributed by atoms with Crippen LogP contribution in [0.5, 0.6) is 0 Å². The van der Waals surface area contributed by atoms with Crippen molar-refractivity contribution < 1.29 is 0 Å². The highest BCUT2D eigenvalue weighted by Gasteiger charge is 2.17. The first kappa shape index (κ1) is 12.5. The first-order valence-corrected chi connectivity index (χ1v) is 5.86. The van der Waals surface area contributed by atoms with Crippen molar-refractivity contribution in [3.8, 4) is 0 Å². The molecular formula is C13H20ClN. The highest BCUT2D eigenvalue weighted by atomic mass is 35.5. The molecule has 0 bridgehead atoms. The van der Waals surface area contributed by atoms with Crippen LogP contribution in [-0.2, 0) is 6.42 Å². The lowest BCUT2D eigenvalue weighted by Crippen LogP contribution is -2.15. The van der Waals surface area contributed by atoms with Crippen LogP contribution in [0.3, 0.4) is 0 Å². The van der Waals surface area contributed by atoms with Crippen LogP contribution in [0, 0.1) is 12.3 Å². The quantitative estimate of drug-likeness (QED) is 0.710. The summed E-state index contributed by atoms with van der Waals surface area (Å²) in [5.74, 6) is 0. The van der Waals surface area contributed by atoms with Crippen LogP contribution >= 0.6 is 11.6 Å². The van der Waals surface area contributed by atoms with Crippen LogP contribution in [0.4, 0.5) is 0 Å².